The van der Waals surface area contributed by atoms with Gasteiger partial charge in [0, 0.05) is 37.8 Å². The number of benzene rings is 2. The average molecular weight is 452 g/mol. The second-order valence-electron chi connectivity index (χ2n) is 9.24. The van der Waals surface area contributed by atoms with E-state index < -0.39 is 0 Å². The van der Waals surface area contributed by atoms with Crippen LogP contribution in [-0.4, -0.2) is 65.3 Å². The van der Waals surface area contributed by atoms with Crippen molar-refractivity contribution in [3.05, 3.63) is 69.7 Å². The highest BCUT2D eigenvalue weighted by Gasteiger charge is 2.32. The molecule has 0 N–H and O–H groups in total. The number of likely N-dealkylation sites (tertiary alicyclic amines) is 2. The van der Waals surface area contributed by atoms with Crippen LogP contribution in [0.5, 0.6) is 0 Å². The highest BCUT2D eigenvalue weighted by atomic mass is 35.5. The van der Waals surface area contributed by atoms with E-state index in [2.05, 4.69) is 15.9 Å². The van der Waals surface area contributed by atoms with E-state index in [-0.39, 0.29) is 11.8 Å². The average Bonchev–Trinajstić information content (AvgIpc) is 3.50. The van der Waals surface area contributed by atoms with Crippen molar-refractivity contribution in [3.8, 4) is 0 Å². The van der Waals surface area contributed by atoms with Gasteiger partial charge in [0.25, 0.3) is 11.8 Å². The lowest BCUT2D eigenvalue weighted by atomic mass is 9.96. The fourth-order valence-corrected chi connectivity index (χ4v) is 5.60. The number of carbonyl (C=O) groups excluding carboxylic acids is 2. The molecule has 0 spiro atoms. The van der Waals surface area contributed by atoms with Crippen LogP contribution in [0.15, 0.2) is 42.5 Å². The molecule has 3 aliphatic heterocycles. The normalized spacial score (nSPS) is 21.1. The van der Waals surface area contributed by atoms with Gasteiger partial charge in [-0.3, -0.25) is 9.59 Å². The molecule has 0 aliphatic carbocycles. The molecule has 6 heteroatoms. The first-order valence-corrected chi connectivity index (χ1v) is 12.2. The lowest BCUT2D eigenvalue weighted by Gasteiger charge is -2.31. The Kier molecular flexibility index (Phi) is 6.20. The molecule has 0 aromatic heterocycles. The molecule has 32 heavy (non-hydrogen) atoms. The van der Waals surface area contributed by atoms with E-state index >= 15 is 0 Å². The summed E-state index contributed by atoms with van der Waals surface area (Å²) in [5, 5.41) is 0.485. The molecule has 0 bridgehead atoms. The molecule has 2 aromatic rings. The first-order chi connectivity index (χ1) is 15.6. The molecule has 2 fully saturated rings. The summed E-state index contributed by atoms with van der Waals surface area (Å²) < 4.78 is 0. The molecule has 2 saturated heterocycles. The summed E-state index contributed by atoms with van der Waals surface area (Å²) in [6, 6.07) is 13.6. The summed E-state index contributed by atoms with van der Waals surface area (Å²) in [6.45, 7) is 5.39. The van der Waals surface area contributed by atoms with Gasteiger partial charge in [-0.05, 0) is 80.6 Å². The maximum absolute atomic E-state index is 13.3. The van der Waals surface area contributed by atoms with E-state index in [4.69, 9.17) is 11.6 Å². The molecule has 3 heterocycles. The Bertz CT molecular complexity index is 1020. The molecule has 0 radical (unpaired) electrons. The van der Waals surface area contributed by atoms with Crippen molar-refractivity contribution in [2.45, 2.75) is 44.7 Å². The van der Waals surface area contributed by atoms with Crippen LogP contribution in [0.4, 0.5) is 0 Å². The van der Waals surface area contributed by atoms with Crippen molar-refractivity contribution in [3.63, 3.8) is 0 Å². The standard InChI is InChI=1S/C26H30ClN3O2/c27-24-8-2-1-7-23(24)26(32)29-15-11-19-16-20(9-10-21(19)17-29)25(31)30-14-5-6-22(30)18-28-12-3-4-13-28/h1-2,7-10,16,22H,3-6,11-15,17-18H2. The molecule has 2 aromatic carbocycles. The van der Waals surface area contributed by atoms with E-state index in [0.717, 1.165) is 43.5 Å². The number of carbonyl (C=O) groups is 2. The van der Waals surface area contributed by atoms with Gasteiger partial charge in [-0.2, -0.15) is 0 Å². The first kappa shape index (κ1) is 21.5. The van der Waals surface area contributed by atoms with Crippen LogP contribution < -0.4 is 0 Å². The smallest absolute Gasteiger partial charge is 0.255 e. The fourth-order valence-electron chi connectivity index (χ4n) is 5.39. The van der Waals surface area contributed by atoms with Crippen molar-refractivity contribution in [2.75, 3.05) is 32.7 Å². The summed E-state index contributed by atoms with van der Waals surface area (Å²) in [6.07, 6.45) is 5.51. The molecule has 0 saturated carbocycles. The number of hydrogen-bond donors (Lipinski definition) is 0. The minimum Gasteiger partial charge on any atom is -0.334 e. The molecular formula is C26H30ClN3O2. The van der Waals surface area contributed by atoms with Crippen LogP contribution in [-0.2, 0) is 13.0 Å². The molecule has 1 unspecified atom stereocenters. The van der Waals surface area contributed by atoms with Crippen molar-refractivity contribution < 1.29 is 9.59 Å². The molecule has 5 nitrogen and oxygen atoms in total. The second kappa shape index (κ2) is 9.24. The third-order valence-corrected chi connectivity index (χ3v) is 7.49. The Labute approximate surface area is 194 Å². The molecular weight excluding hydrogens is 422 g/mol. The molecule has 5 rings (SSSR count). The lowest BCUT2D eigenvalue weighted by Crippen LogP contribution is -2.42. The monoisotopic (exact) mass is 451 g/mol. The van der Waals surface area contributed by atoms with E-state index in [0.29, 0.717) is 29.7 Å². The Morgan fingerprint density at radius 1 is 0.906 bits per heavy atom. The van der Waals surface area contributed by atoms with Gasteiger partial charge < -0.3 is 14.7 Å². The third kappa shape index (κ3) is 4.28. The minimum atomic E-state index is -0.0387. The number of halogens is 1. The molecule has 3 aliphatic rings. The maximum atomic E-state index is 13.3. The highest BCUT2D eigenvalue weighted by Crippen LogP contribution is 2.27. The van der Waals surface area contributed by atoms with Crippen molar-refractivity contribution >= 4 is 23.4 Å². The van der Waals surface area contributed by atoms with Gasteiger partial charge in [0.15, 0.2) is 0 Å². The van der Waals surface area contributed by atoms with Crippen LogP contribution in [0.1, 0.15) is 57.5 Å². The zero-order chi connectivity index (χ0) is 22.1. The summed E-state index contributed by atoms with van der Waals surface area (Å²) >= 11 is 6.23. The van der Waals surface area contributed by atoms with E-state index in [1.807, 2.05) is 29.2 Å². The Hall–Kier alpha value is -2.37. The van der Waals surface area contributed by atoms with Crippen LogP contribution in [0.2, 0.25) is 5.02 Å². The predicted octanol–water partition coefficient (Wildman–Crippen LogP) is 4.24. The van der Waals surface area contributed by atoms with Gasteiger partial charge in [0.05, 0.1) is 10.6 Å². The number of nitrogens with zero attached hydrogens (tertiary/aromatic N) is 3. The molecule has 2 amide bonds. The predicted molar refractivity (Wildman–Crippen MR) is 126 cm³/mol. The summed E-state index contributed by atoms with van der Waals surface area (Å²) in [4.78, 5) is 32.7. The van der Waals surface area contributed by atoms with Gasteiger partial charge in [-0.25, -0.2) is 0 Å². The van der Waals surface area contributed by atoms with E-state index in [1.54, 1.807) is 12.1 Å². The van der Waals surface area contributed by atoms with E-state index in [1.165, 1.54) is 31.5 Å². The zero-order valence-corrected chi connectivity index (χ0v) is 19.2. The SMILES string of the molecule is O=C(c1ccccc1Cl)N1CCc2cc(C(=O)N3CCCC3CN3CCCC3)ccc2C1. The summed E-state index contributed by atoms with van der Waals surface area (Å²) in [5.74, 6) is 0.118. The van der Waals surface area contributed by atoms with Gasteiger partial charge >= 0.3 is 0 Å². The molecule has 168 valence electrons. The largest absolute Gasteiger partial charge is 0.334 e. The zero-order valence-electron chi connectivity index (χ0n) is 18.4. The van der Waals surface area contributed by atoms with Crippen LogP contribution in [0, 0.1) is 0 Å². The number of hydrogen-bond acceptors (Lipinski definition) is 3. The first-order valence-electron chi connectivity index (χ1n) is 11.8. The van der Waals surface area contributed by atoms with E-state index in [9.17, 15) is 9.59 Å². The number of amides is 2. The Morgan fingerprint density at radius 2 is 1.72 bits per heavy atom. The summed E-state index contributed by atoms with van der Waals surface area (Å²) in [7, 11) is 0. The van der Waals surface area contributed by atoms with Crippen LogP contribution in [0.3, 0.4) is 0 Å². The maximum Gasteiger partial charge on any atom is 0.255 e. The van der Waals surface area contributed by atoms with Crippen molar-refractivity contribution in [1.82, 2.24) is 14.7 Å². The number of rotatable bonds is 4. The van der Waals surface area contributed by atoms with Crippen molar-refractivity contribution in [1.29, 1.82) is 0 Å². The van der Waals surface area contributed by atoms with Gasteiger partial charge in [0.1, 0.15) is 0 Å². The quantitative estimate of drug-likeness (QED) is 0.698. The van der Waals surface area contributed by atoms with Crippen LogP contribution in [0.25, 0.3) is 0 Å². The highest BCUT2D eigenvalue weighted by molar-refractivity contribution is 6.33. The fraction of sp³-hybridized carbons (Fsp3) is 0.462. The minimum absolute atomic E-state index is 0.0387. The Morgan fingerprint density at radius 3 is 2.53 bits per heavy atom. The second-order valence-corrected chi connectivity index (χ2v) is 9.65. The number of fused-ring (bicyclic) bond motifs is 1. The van der Waals surface area contributed by atoms with Gasteiger partial charge in [0.2, 0.25) is 0 Å². The van der Waals surface area contributed by atoms with Gasteiger partial charge in [-0.1, -0.05) is 29.8 Å². The molecule has 1 atom stereocenters. The van der Waals surface area contributed by atoms with Crippen molar-refractivity contribution in [2.24, 2.45) is 0 Å². The third-order valence-electron chi connectivity index (χ3n) is 7.16. The van der Waals surface area contributed by atoms with Gasteiger partial charge in [-0.15, -0.1) is 0 Å². The Balaban J connectivity index is 1.28. The summed E-state index contributed by atoms with van der Waals surface area (Å²) in [5.41, 5.74) is 3.61. The van der Waals surface area contributed by atoms with Crippen LogP contribution >= 0.6 is 11.6 Å². The topological polar surface area (TPSA) is 43.9 Å². The lowest BCUT2D eigenvalue weighted by molar-refractivity contribution is 0.0703.